The third-order valence-electron chi connectivity index (χ3n) is 1.72. The van der Waals surface area contributed by atoms with Gasteiger partial charge in [0, 0.05) is 12.4 Å². The lowest BCUT2D eigenvalue weighted by molar-refractivity contribution is -0.125. The number of carbonyl (C=O) groups excluding carboxylic acids is 1. The minimum atomic E-state index is -0.173. The van der Waals surface area contributed by atoms with E-state index < -0.39 is 0 Å². The molecule has 6 nitrogen and oxygen atoms in total. The van der Waals surface area contributed by atoms with Crippen molar-refractivity contribution in [1.82, 2.24) is 15.0 Å². The first-order valence-corrected chi connectivity index (χ1v) is 3.40. The van der Waals surface area contributed by atoms with E-state index in [1.165, 1.54) is 28.5 Å². The fourth-order valence-corrected chi connectivity index (χ4v) is 1.15. The second-order valence-electron chi connectivity index (χ2n) is 2.55. The van der Waals surface area contributed by atoms with Gasteiger partial charge in [0.2, 0.25) is 0 Å². The lowest BCUT2D eigenvalue weighted by Crippen LogP contribution is -2.30. The topological polar surface area (TPSA) is 73.0 Å². The molecule has 12 heavy (non-hydrogen) atoms. The fourth-order valence-electron chi connectivity index (χ4n) is 1.15. The molecule has 1 amide bonds. The first kappa shape index (κ1) is 7.14. The molecule has 0 unspecified atom stereocenters. The molecule has 3 N–H and O–H groups in total. The molecule has 0 aromatic heterocycles. The maximum atomic E-state index is 11.1. The molecule has 1 saturated heterocycles. The van der Waals surface area contributed by atoms with Gasteiger partial charge >= 0.3 is 0 Å². The van der Waals surface area contributed by atoms with Crippen LogP contribution in [0.15, 0.2) is 24.4 Å². The lowest BCUT2D eigenvalue weighted by Gasteiger charge is -2.22. The zero-order valence-corrected chi connectivity index (χ0v) is 6.21. The van der Waals surface area contributed by atoms with Gasteiger partial charge in [0.15, 0.2) is 5.82 Å². The summed E-state index contributed by atoms with van der Waals surface area (Å²) >= 11 is 0. The Morgan fingerprint density at radius 2 is 2.25 bits per heavy atom. The molecule has 2 aliphatic heterocycles. The molecule has 0 bridgehead atoms. The van der Waals surface area contributed by atoms with E-state index in [1.807, 2.05) is 0 Å². The van der Waals surface area contributed by atoms with Crippen molar-refractivity contribution in [2.24, 2.45) is 5.84 Å². The Labute approximate surface area is 68.7 Å². The van der Waals surface area contributed by atoms with Crippen molar-refractivity contribution in [2.75, 3.05) is 6.54 Å². The smallest absolute Gasteiger partial charge is 0.254 e. The Kier molecular flexibility index (Phi) is 1.32. The summed E-state index contributed by atoms with van der Waals surface area (Å²) in [5.41, 5.74) is 0. The van der Waals surface area contributed by atoms with Crippen LogP contribution in [0.1, 0.15) is 0 Å². The molecule has 0 radical (unpaired) electrons. The number of hydrogen-bond acceptors (Lipinski definition) is 5. The molecule has 2 rings (SSSR count). The highest BCUT2D eigenvalue weighted by Crippen LogP contribution is 2.20. The zero-order chi connectivity index (χ0) is 8.72. The predicted octanol–water partition coefficient (Wildman–Crippen LogP) is -1.02. The quantitative estimate of drug-likeness (QED) is 0.453. The van der Waals surface area contributed by atoms with Crippen molar-refractivity contribution in [3.05, 3.63) is 24.4 Å². The van der Waals surface area contributed by atoms with Crippen molar-refractivity contribution in [2.45, 2.75) is 0 Å². The van der Waals surface area contributed by atoms with Gasteiger partial charge in [-0.15, -0.1) is 0 Å². The van der Waals surface area contributed by atoms with E-state index in [-0.39, 0.29) is 12.5 Å². The fraction of sp³-hybridized carbons (Fsp3) is 0.167. The third kappa shape index (κ3) is 0.858. The second-order valence-corrected chi connectivity index (χ2v) is 2.55. The Morgan fingerprint density at radius 3 is 3.00 bits per heavy atom. The van der Waals surface area contributed by atoms with E-state index in [1.54, 1.807) is 0 Å². The first-order chi connectivity index (χ1) is 5.68. The average molecular weight is 168 g/mol. The number of nitrogens with two attached hydrogens (primary N) is 1. The maximum Gasteiger partial charge on any atom is 0.254 e. The number of hydrazine groups is 1. The van der Waals surface area contributed by atoms with E-state index in [2.05, 4.69) is 0 Å². The summed E-state index contributed by atoms with van der Waals surface area (Å²) in [6.07, 6.45) is 4.50. The van der Waals surface area contributed by atoms with Crippen LogP contribution in [0.25, 0.3) is 0 Å². The molecule has 1 fully saturated rings. The number of rotatable bonds is 0. The van der Waals surface area contributed by atoms with E-state index in [0.29, 0.717) is 5.82 Å². The minimum Gasteiger partial charge on any atom is -0.289 e. The Balaban J connectivity index is 2.34. The van der Waals surface area contributed by atoms with Crippen molar-refractivity contribution in [3.8, 4) is 0 Å². The lowest BCUT2D eigenvalue weighted by atomic mass is 10.5. The molecule has 0 spiro atoms. The largest absolute Gasteiger partial charge is 0.289 e. The molecule has 64 valence electrons. The van der Waals surface area contributed by atoms with Crippen molar-refractivity contribution >= 4 is 5.91 Å². The Morgan fingerprint density at radius 1 is 1.50 bits per heavy atom. The molecule has 2 heterocycles. The summed E-state index contributed by atoms with van der Waals surface area (Å²) in [7, 11) is 0. The van der Waals surface area contributed by atoms with Gasteiger partial charge in [-0.3, -0.25) is 19.9 Å². The molecule has 0 aromatic rings. The Hall–Kier alpha value is -1.53. The average Bonchev–Trinajstić information content (AvgIpc) is 2.28. The van der Waals surface area contributed by atoms with Gasteiger partial charge in [0.25, 0.3) is 5.91 Å². The van der Waals surface area contributed by atoms with Gasteiger partial charge in [-0.25, -0.2) is 10.9 Å². The van der Waals surface area contributed by atoms with E-state index in [4.69, 9.17) is 5.84 Å². The number of amides is 1. The van der Waals surface area contributed by atoms with E-state index in [9.17, 15) is 10.0 Å². The van der Waals surface area contributed by atoms with Crippen LogP contribution < -0.4 is 5.84 Å². The van der Waals surface area contributed by atoms with Crippen molar-refractivity contribution < 1.29 is 10.0 Å². The molecule has 0 aromatic carbocycles. The maximum absolute atomic E-state index is 11.1. The van der Waals surface area contributed by atoms with Crippen LogP contribution >= 0.6 is 0 Å². The van der Waals surface area contributed by atoms with Gasteiger partial charge in [-0.1, -0.05) is 0 Å². The van der Waals surface area contributed by atoms with Crippen LogP contribution in [0.3, 0.4) is 0 Å². The molecular formula is C6H8N4O2. The molecular weight excluding hydrogens is 160 g/mol. The highest BCUT2D eigenvalue weighted by atomic mass is 16.5. The number of carbonyl (C=O) groups is 1. The zero-order valence-electron chi connectivity index (χ0n) is 6.21. The summed E-state index contributed by atoms with van der Waals surface area (Å²) in [5.74, 6) is 5.60. The summed E-state index contributed by atoms with van der Waals surface area (Å²) < 4.78 is 0. The molecule has 0 aliphatic carbocycles. The van der Waals surface area contributed by atoms with Crippen LogP contribution in [0, 0.1) is 0 Å². The highest BCUT2D eigenvalue weighted by Gasteiger charge is 2.32. The molecule has 0 atom stereocenters. The molecule has 6 heteroatoms. The monoisotopic (exact) mass is 168 g/mol. The van der Waals surface area contributed by atoms with Crippen LogP contribution in [-0.2, 0) is 4.79 Å². The van der Waals surface area contributed by atoms with Crippen molar-refractivity contribution in [3.63, 3.8) is 0 Å². The van der Waals surface area contributed by atoms with Gasteiger partial charge in [-0.05, 0) is 0 Å². The molecule has 0 saturated carbocycles. The standard InChI is InChI=1S/C6H8N4O2/c7-8-1-2-9-5(3-8)10(12)4-6(9)11/h1-3,12H,4,7H2. The minimum absolute atomic E-state index is 0.0238. The van der Waals surface area contributed by atoms with E-state index >= 15 is 0 Å². The van der Waals surface area contributed by atoms with Gasteiger partial charge in [-0.2, -0.15) is 0 Å². The second kappa shape index (κ2) is 2.23. The van der Waals surface area contributed by atoms with Crippen LogP contribution in [0.5, 0.6) is 0 Å². The first-order valence-electron chi connectivity index (χ1n) is 3.40. The summed E-state index contributed by atoms with van der Waals surface area (Å²) in [5, 5.41) is 11.3. The number of fused-ring (bicyclic) bond motifs is 1. The van der Waals surface area contributed by atoms with Crippen LogP contribution in [0.4, 0.5) is 0 Å². The van der Waals surface area contributed by atoms with Gasteiger partial charge < -0.3 is 0 Å². The van der Waals surface area contributed by atoms with Gasteiger partial charge in [0.1, 0.15) is 6.54 Å². The summed E-state index contributed by atoms with van der Waals surface area (Å²) in [4.78, 5) is 12.4. The highest BCUT2D eigenvalue weighted by molar-refractivity contribution is 5.83. The predicted molar refractivity (Wildman–Crippen MR) is 38.6 cm³/mol. The van der Waals surface area contributed by atoms with Crippen LogP contribution in [0.2, 0.25) is 0 Å². The SMILES string of the molecule is NN1C=CN2C(=O)CN(O)C2=C1. The van der Waals surface area contributed by atoms with Crippen LogP contribution in [-0.4, -0.2) is 32.6 Å². The summed E-state index contributed by atoms with van der Waals surface area (Å²) in [6, 6.07) is 0. The van der Waals surface area contributed by atoms with Crippen molar-refractivity contribution in [1.29, 1.82) is 0 Å². The van der Waals surface area contributed by atoms with Gasteiger partial charge in [0.05, 0.1) is 6.20 Å². The normalized spacial score (nSPS) is 21.7. The Bertz CT molecular complexity index is 285. The van der Waals surface area contributed by atoms with E-state index in [0.717, 1.165) is 5.06 Å². The number of hydrogen-bond donors (Lipinski definition) is 2. The number of nitrogens with zero attached hydrogens (tertiary/aromatic N) is 3. The summed E-state index contributed by atoms with van der Waals surface area (Å²) in [6.45, 7) is -0.0238. The number of hydroxylamine groups is 2. The third-order valence-corrected chi connectivity index (χ3v) is 1.72. The molecule has 2 aliphatic rings.